The van der Waals surface area contributed by atoms with E-state index in [1.807, 2.05) is 52.0 Å². The van der Waals surface area contributed by atoms with Gasteiger partial charge in [-0.05, 0) is 70.0 Å². The van der Waals surface area contributed by atoms with Crippen LogP contribution in [0.25, 0.3) is 0 Å². The lowest BCUT2D eigenvalue weighted by Gasteiger charge is -2.36. The first kappa shape index (κ1) is 20.0. The number of ketones is 1. The smallest absolute Gasteiger partial charge is 0.274 e. The Kier molecular flexibility index (Phi) is 5.79. The molecule has 3 rings (SSSR count). The van der Waals surface area contributed by atoms with E-state index >= 15 is 0 Å². The Hall–Kier alpha value is -2.73. The number of rotatable bonds is 4. The molecule has 1 saturated heterocycles. The Bertz CT molecular complexity index is 877. The van der Waals surface area contributed by atoms with Crippen molar-refractivity contribution in [1.29, 1.82) is 0 Å². The Balaban J connectivity index is 1.79. The van der Waals surface area contributed by atoms with Gasteiger partial charge in [0.05, 0.1) is 12.2 Å². The summed E-state index contributed by atoms with van der Waals surface area (Å²) in [4.78, 5) is 31.0. The van der Waals surface area contributed by atoms with Crippen LogP contribution in [0.15, 0.2) is 30.5 Å². The van der Waals surface area contributed by atoms with Crippen LogP contribution in [-0.4, -0.2) is 42.0 Å². The number of hydrogen-bond acceptors (Lipinski definition) is 5. The number of hydrogen-bond donors (Lipinski definition) is 1. The number of benzene rings is 1. The molecule has 1 aromatic heterocycles. The molecular weight excluding hydrogens is 354 g/mol. The van der Waals surface area contributed by atoms with E-state index in [9.17, 15) is 9.59 Å². The molecule has 6 nitrogen and oxygen atoms in total. The standard InChI is InChI=1S/C22H27N3O3/c1-13-8-18(9-14(2)21(13)17(5)26)24-22(27)20-10-19(6-7-23-20)25-11-15(3)28-16(4)12-25/h6-10,15-16H,11-12H2,1-5H3,(H,24,27). The average molecular weight is 381 g/mol. The normalized spacial score (nSPS) is 19.4. The van der Waals surface area contributed by atoms with Crippen molar-refractivity contribution in [2.45, 2.75) is 46.8 Å². The summed E-state index contributed by atoms with van der Waals surface area (Å²) in [6, 6.07) is 7.36. The van der Waals surface area contributed by atoms with Gasteiger partial charge in [-0.2, -0.15) is 0 Å². The van der Waals surface area contributed by atoms with E-state index in [1.165, 1.54) is 0 Å². The molecule has 2 unspecified atom stereocenters. The molecule has 148 valence electrons. The average Bonchev–Trinajstić information content (AvgIpc) is 2.60. The lowest BCUT2D eigenvalue weighted by molar-refractivity contribution is -0.00522. The summed E-state index contributed by atoms with van der Waals surface area (Å²) in [7, 11) is 0. The Labute approximate surface area is 165 Å². The molecule has 1 aromatic carbocycles. The van der Waals surface area contributed by atoms with Crippen molar-refractivity contribution in [3.05, 3.63) is 52.8 Å². The SMILES string of the molecule is CC(=O)c1c(C)cc(NC(=O)c2cc(N3CC(C)OC(C)C3)ccn2)cc1C. The molecule has 6 heteroatoms. The topological polar surface area (TPSA) is 71.5 Å². The fourth-order valence-electron chi connectivity index (χ4n) is 3.92. The van der Waals surface area contributed by atoms with Gasteiger partial charge in [-0.25, -0.2) is 0 Å². The predicted molar refractivity (Wildman–Crippen MR) is 110 cm³/mol. The van der Waals surface area contributed by atoms with Crippen molar-refractivity contribution >= 4 is 23.1 Å². The third-order valence-electron chi connectivity index (χ3n) is 4.90. The number of ether oxygens (including phenoxy) is 1. The number of Topliss-reactive ketones (excluding diaryl/α,β-unsaturated/α-hetero) is 1. The van der Waals surface area contributed by atoms with Crippen molar-refractivity contribution in [1.82, 2.24) is 4.98 Å². The first-order valence-corrected chi connectivity index (χ1v) is 9.54. The molecule has 28 heavy (non-hydrogen) atoms. The summed E-state index contributed by atoms with van der Waals surface area (Å²) in [5, 5.41) is 2.90. The number of anilines is 2. The van der Waals surface area contributed by atoms with Crippen LogP contribution in [0.2, 0.25) is 0 Å². The first-order valence-electron chi connectivity index (χ1n) is 9.54. The number of amides is 1. The van der Waals surface area contributed by atoms with Gasteiger partial charge in [0.1, 0.15) is 5.69 Å². The largest absolute Gasteiger partial charge is 0.372 e. The highest BCUT2D eigenvalue weighted by atomic mass is 16.5. The Morgan fingerprint density at radius 3 is 2.29 bits per heavy atom. The van der Waals surface area contributed by atoms with Gasteiger partial charge in [-0.3, -0.25) is 14.6 Å². The fourth-order valence-corrected chi connectivity index (χ4v) is 3.92. The molecule has 0 spiro atoms. The van der Waals surface area contributed by atoms with E-state index < -0.39 is 0 Å². The number of morpholine rings is 1. The molecule has 1 aliphatic heterocycles. The quantitative estimate of drug-likeness (QED) is 0.817. The second-order valence-electron chi connectivity index (χ2n) is 7.56. The van der Waals surface area contributed by atoms with Gasteiger partial charge < -0.3 is 15.0 Å². The molecule has 1 fully saturated rings. The summed E-state index contributed by atoms with van der Waals surface area (Å²) in [6.07, 6.45) is 1.93. The van der Waals surface area contributed by atoms with E-state index in [-0.39, 0.29) is 23.9 Å². The second-order valence-corrected chi connectivity index (χ2v) is 7.56. The van der Waals surface area contributed by atoms with Crippen LogP contribution in [0.4, 0.5) is 11.4 Å². The van der Waals surface area contributed by atoms with Crippen LogP contribution in [0.5, 0.6) is 0 Å². The van der Waals surface area contributed by atoms with E-state index in [2.05, 4.69) is 15.2 Å². The third kappa shape index (κ3) is 4.39. The predicted octanol–water partition coefficient (Wildman–Crippen LogP) is 3.77. The van der Waals surface area contributed by atoms with Crippen LogP contribution >= 0.6 is 0 Å². The molecule has 0 saturated carbocycles. The van der Waals surface area contributed by atoms with Crippen molar-refractivity contribution < 1.29 is 14.3 Å². The van der Waals surface area contributed by atoms with Gasteiger partial charge in [0.2, 0.25) is 0 Å². The van der Waals surface area contributed by atoms with Crippen LogP contribution in [-0.2, 0) is 4.74 Å². The third-order valence-corrected chi connectivity index (χ3v) is 4.90. The zero-order valence-electron chi connectivity index (χ0n) is 17.1. The summed E-state index contributed by atoms with van der Waals surface area (Å²) in [5.74, 6) is -0.248. The van der Waals surface area contributed by atoms with Gasteiger partial charge in [0, 0.05) is 36.2 Å². The van der Waals surface area contributed by atoms with Crippen LogP contribution in [0.1, 0.15) is 52.7 Å². The minimum Gasteiger partial charge on any atom is -0.372 e. The molecule has 2 heterocycles. The Morgan fingerprint density at radius 1 is 1.11 bits per heavy atom. The number of carbonyl (C=O) groups excluding carboxylic acids is 2. The fraction of sp³-hybridized carbons (Fsp3) is 0.409. The lowest BCUT2D eigenvalue weighted by atomic mass is 9.99. The van der Waals surface area contributed by atoms with Crippen LogP contribution in [0, 0.1) is 13.8 Å². The van der Waals surface area contributed by atoms with Crippen molar-refractivity contribution in [2.24, 2.45) is 0 Å². The Morgan fingerprint density at radius 2 is 1.71 bits per heavy atom. The number of carbonyl (C=O) groups is 2. The molecule has 1 amide bonds. The van der Waals surface area contributed by atoms with Gasteiger partial charge in [-0.1, -0.05) is 0 Å². The molecule has 1 aliphatic rings. The molecule has 2 aromatic rings. The van der Waals surface area contributed by atoms with E-state index in [0.29, 0.717) is 16.9 Å². The summed E-state index contributed by atoms with van der Waals surface area (Å²) >= 11 is 0. The minimum absolute atomic E-state index is 0.0243. The van der Waals surface area contributed by atoms with Crippen LogP contribution < -0.4 is 10.2 Å². The molecule has 0 radical (unpaired) electrons. The monoisotopic (exact) mass is 381 g/mol. The zero-order valence-corrected chi connectivity index (χ0v) is 17.1. The highest BCUT2D eigenvalue weighted by Gasteiger charge is 2.23. The molecular formula is C22H27N3O3. The highest BCUT2D eigenvalue weighted by Crippen LogP contribution is 2.23. The number of aryl methyl sites for hydroxylation is 2. The molecule has 0 bridgehead atoms. The van der Waals surface area contributed by atoms with E-state index in [1.54, 1.807) is 13.1 Å². The summed E-state index contributed by atoms with van der Waals surface area (Å²) in [5.41, 5.74) is 4.37. The second kappa shape index (κ2) is 8.10. The number of aromatic nitrogens is 1. The number of nitrogens with one attached hydrogen (secondary N) is 1. The van der Waals surface area contributed by atoms with Crippen molar-refractivity contribution in [3.8, 4) is 0 Å². The van der Waals surface area contributed by atoms with Crippen LogP contribution in [0.3, 0.4) is 0 Å². The maximum absolute atomic E-state index is 12.7. The zero-order chi connectivity index (χ0) is 20.4. The van der Waals surface area contributed by atoms with Crippen molar-refractivity contribution in [3.63, 3.8) is 0 Å². The number of nitrogens with zero attached hydrogens (tertiary/aromatic N) is 2. The maximum atomic E-state index is 12.7. The van der Waals surface area contributed by atoms with Gasteiger partial charge in [0.25, 0.3) is 5.91 Å². The number of pyridine rings is 1. The molecule has 0 aliphatic carbocycles. The maximum Gasteiger partial charge on any atom is 0.274 e. The summed E-state index contributed by atoms with van der Waals surface area (Å²) in [6.45, 7) is 11.0. The molecule has 2 atom stereocenters. The lowest BCUT2D eigenvalue weighted by Crippen LogP contribution is -2.45. The van der Waals surface area contributed by atoms with Gasteiger partial charge >= 0.3 is 0 Å². The van der Waals surface area contributed by atoms with Gasteiger partial charge in [-0.15, -0.1) is 0 Å². The minimum atomic E-state index is -0.273. The van der Waals surface area contributed by atoms with E-state index in [4.69, 9.17) is 4.74 Å². The molecule has 1 N–H and O–H groups in total. The first-order chi connectivity index (χ1) is 13.2. The van der Waals surface area contributed by atoms with E-state index in [0.717, 1.165) is 29.9 Å². The van der Waals surface area contributed by atoms with Crippen molar-refractivity contribution in [2.75, 3.05) is 23.3 Å². The van der Waals surface area contributed by atoms with Gasteiger partial charge in [0.15, 0.2) is 5.78 Å². The highest BCUT2D eigenvalue weighted by molar-refractivity contribution is 6.04. The summed E-state index contributed by atoms with van der Waals surface area (Å²) < 4.78 is 5.78.